The molecule has 4 heteroatoms. The lowest BCUT2D eigenvalue weighted by molar-refractivity contribution is -0.139. The van der Waals surface area contributed by atoms with Gasteiger partial charge in [-0.1, -0.05) is 96.8 Å². The summed E-state index contributed by atoms with van der Waals surface area (Å²) in [6, 6.07) is 0.216. The number of nitrogens with one attached hydrogen (secondary N) is 1. The first kappa shape index (κ1) is 25.0. The summed E-state index contributed by atoms with van der Waals surface area (Å²) >= 11 is 0. The van der Waals surface area contributed by atoms with Crippen LogP contribution in [0.25, 0.3) is 0 Å². The van der Waals surface area contributed by atoms with Crippen molar-refractivity contribution in [2.75, 3.05) is 0 Å². The number of carboxylic acid groups (broad SMARTS) is 1. The van der Waals surface area contributed by atoms with Crippen molar-refractivity contribution in [3.05, 3.63) is 0 Å². The Labute approximate surface area is 173 Å². The molecule has 0 aromatic carbocycles. The molecule has 0 aromatic heterocycles. The van der Waals surface area contributed by atoms with Crippen molar-refractivity contribution in [2.45, 2.75) is 135 Å². The van der Waals surface area contributed by atoms with Gasteiger partial charge in [0.25, 0.3) is 0 Å². The fourth-order valence-electron chi connectivity index (χ4n) is 4.22. The van der Waals surface area contributed by atoms with Crippen LogP contribution in [0.1, 0.15) is 129 Å². The molecule has 0 atom stereocenters. The van der Waals surface area contributed by atoms with Crippen LogP contribution in [-0.2, 0) is 9.59 Å². The Morgan fingerprint density at radius 1 is 0.750 bits per heavy atom. The molecule has 4 nitrogen and oxygen atoms in total. The summed E-state index contributed by atoms with van der Waals surface area (Å²) in [4.78, 5) is 22.5. The fraction of sp³-hybridized carbons (Fsp3) is 0.917. The Kier molecular flexibility index (Phi) is 15.0. The van der Waals surface area contributed by atoms with E-state index in [-0.39, 0.29) is 24.3 Å². The number of amides is 1. The van der Waals surface area contributed by atoms with E-state index in [1.807, 2.05) is 0 Å². The molecule has 1 rings (SSSR count). The zero-order chi connectivity index (χ0) is 20.5. The van der Waals surface area contributed by atoms with Crippen LogP contribution in [0.5, 0.6) is 0 Å². The third-order valence-electron chi connectivity index (χ3n) is 6.07. The molecular weight excluding hydrogens is 350 g/mol. The summed E-state index contributed by atoms with van der Waals surface area (Å²) in [6.07, 6.45) is 22.6. The van der Waals surface area contributed by atoms with Crippen LogP contribution in [0.4, 0.5) is 0 Å². The van der Waals surface area contributed by atoms with Gasteiger partial charge in [-0.05, 0) is 25.2 Å². The second-order valence-electron chi connectivity index (χ2n) is 8.90. The quantitative estimate of drug-likeness (QED) is 0.242. The summed E-state index contributed by atoms with van der Waals surface area (Å²) in [6.45, 7) is 2.27. The Morgan fingerprint density at radius 3 is 1.61 bits per heavy atom. The van der Waals surface area contributed by atoms with E-state index in [0.29, 0.717) is 6.42 Å². The van der Waals surface area contributed by atoms with Gasteiger partial charge in [0.05, 0.1) is 0 Å². The lowest BCUT2D eigenvalue weighted by Crippen LogP contribution is -2.44. The van der Waals surface area contributed by atoms with Gasteiger partial charge in [0, 0.05) is 18.9 Å². The van der Waals surface area contributed by atoms with Crippen molar-refractivity contribution < 1.29 is 14.7 Å². The zero-order valence-corrected chi connectivity index (χ0v) is 18.4. The molecule has 0 saturated heterocycles. The molecule has 28 heavy (non-hydrogen) atoms. The molecule has 1 saturated carbocycles. The summed E-state index contributed by atoms with van der Waals surface area (Å²) in [5, 5.41) is 11.8. The number of aliphatic carboxylic acids is 1. The van der Waals surface area contributed by atoms with Gasteiger partial charge < -0.3 is 10.4 Å². The number of unbranched alkanes of at least 4 members (excludes halogenated alkanes) is 14. The Balaban J connectivity index is 1.75. The second kappa shape index (κ2) is 16.9. The number of carbonyl (C=O) groups excluding carboxylic acids is 1. The average Bonchev–Trinajstić information content (AvgIpc) is 2.62. The summed E-state index contributed by atoms with van der Waals surface area (Å²) in [5.41, 5.74) is 0. The van der Waals surface area contributed by atoms with Crippen LogP contribution in [0.2, 0.25) is 0 Å². The molecule has 0 bridgehead atoms. The van der Waals surface area contributed by atoms with Crippen molar-refractivity contribution in [3.8, 4) is 0 Å². The molecule has 1 fully saturated rings. The maximum absolute atomic E-state index is 11.9. The van der Waals surface area contributed by atoms with E-state index in [1.165, 1.54) is 83.5 Å². The van der Waals surface area contributed by atoms with E-state index in [1.54, 1.807) is 0 Å². The highest BCUT2D eigenvalue weighted by atomic mass is 16.4. The van der Waals surface area contributed by atoms with Gasteiger partial charge in [-0.2, -0.15) is 0 Å². The summed E-state index contributed by atoms with van der Waals surface area (Å²) in [7, 11) is 0. The van der Waals surface area contributed by atoms with Gasteiger partial charge in [-0.15, -0.1) is 0 Å². The Hall–Kier alpha value is -1.06. The van der Waals surface area contributed by atoms with Crippen LogP contribution in [0.15, 0.2) is 0 Å². The van der Waals surface area contributed by atoms with E-state index < -0.39 is 5.97 Å². The first-order chi connectivity index (χ1) is 13.6. The highest BCUT2D eigenvalue weighted by Gasteiger charge is 2.31. The number of carboxylic acids is 1. The van der Waals surface area contributed by atoms with Crippen LogP contribution >= 0.6 is 0 Å². The molecular formula is C24H45NO3. The summed E-state index contributed by atoms with van der Waals surface area (Å²) in [5.74, 6) is -0.324. The normalized spacial score (nSPS) is 18.6. The first-order valence-electron chi connectivity index (χ1n) is 12.1. The van der Waals surface area contributed by atoms with Crippen LogP contribution in [-0.4, -0.2) is 23.0 Å². The third-order valence-corrected chi connectivity index (χ3v) is 6.07. The maximum Gasteiger partial charge on any atom is 0.303 e. The van der Waals surface area contributed by atoms with Crippen LogP contribution < -0.4 is 5.32 Å². The molecule has 1 aliphatic carbocycles. The molecule has 0 aliphatic heterocycles. The van der Waals surface area contributed by atoms with Crippen molar-refractivity contribution in [1.82, 2.24) is 5.32 Å². The highest BCUT2D eigenvalue weighted by Crippen LogP contribution is 2.30. The minimum absolute atomic E-state index is 0.147. The molecule has 0 heterocycles. The van der Waals surface area contributed by atoms with Gasteiger partial charge in [-0.3, -0.25) is 9.59 Å². The zero-order valence-electron chi connectivity index (χ0n) is 18.4. The largest absolute Gasteiger partial charge is 0.481 e. The number of hydrogen-bond acceptors (Lipinski definition) is 2. The Bertz CT molecular complexity index is 405. The molecule has 0 spiro atoms. The van der Waals surface area contributed by atoms with Gasteiger partial charge in [0.2, 0.25) is 5.91 Å². The smallest absolute Gasteiger partial charge is 0.303 e. The van der Waals surface area contributed by atoms with Gasteiger partial charge in [0.1, 0.15) is 0 Å². The molecule has 1 aliphatic rings. The van der Waals surface area contributed by atoms with Crippen molar-refractivity contribution in [3.63, 3.8) is 0 Å². The van der Waals surface area contributed by atoms with E-state index >= 15 is 0 Å². The molecule has 0 unspecified atom stereocenters. The SMILES string of the molecule is CCCCCCCCCCCCCCCCCC(=O)NC1CC(CC(=O)O)C1. The molecule has 1 amide bonds. The highest BCUT2D eigenvalue weighted by molar-refractivity contribution is 5.76. The lowest BCUT2D eigenvalue weighted by atomic mass is 9.78. The molecule has 0 radical (unpaired) electrons. The molecule has 0 aromatic rings. The van der Waals surface area contributed by atoms with Crippen molar-refractivity contribution >= 4 is 11.9 Å². The molecule has 164 valence electrons. The lowest BCUT2D eigenvalue weighted by Gasteiger charge is -2.34. The second-order valence-corrected chi connectivity index (χ2v) is 8.90. The van der Waals surface area contributed by atoms with E-state index in [2.05, 4.69) is 12.2 Å². The Morgan fingerprint density at radius 2 is 1.18 bits per heavy atom. The van der Waals surface area contributed by atoms with Crippen molar-refractivity contribution in [2.24, 2.45) is 5.92 Å². The van der Waals surface area contributed by atoms with Crippen molar-refractivity contribution in [1.29, 1.82) is 0 Å². The van der Waals surface area contributed by atoms with Gasteiger partial charge in [-0.25, -0.2) is 0 Å². The van der Waals surface area contributed by atoms with E-state index in [4.69, 9.17) is 5.11 Å². The number of carbonyl (C=O) groups is 2. The molecule has 2 N–H and O–H groups in total. The van der Waals surface area contributed by atoms with E-state index in [0.717, 1.165) is 25.7 Å². The van der Waals surface area contributed by atoms with Crippen LogP contribution in [0.3, 0.4) is 0 Å². The first-order valence-corrected chi connectivity index (χ1v) is 12.1. The predicted molar refractivity (Wildman–Crippen MR) is 116 cm³/mol. The predicted octanol–water partition coefficient (Wildman–Crippen LogP) is 6.62. The third kappa shape index (κ3) is 14.0. The maximum atomic E-state index is 11.9. The van der Waals surface area contributed by atoms with E-state index in [9.17, 15) is 9.59 Å². The fourth-order valence-corrected chi connectivity index (χ4v) is 4.22. The van der Waals surface area contributed by atoms with Gasteiger partial charge >= 0.3 is 5.97 Å². The number of hydrogen-bond donors (Lipinski definition) is 2. The topological polar surface area (TPSA) is 66.4 Å². The minimum atomic E-state index is -0.729. The number of rotatable bonds is 19. The van der Waals surface area contributed by atoms with Crippen LogP contribution in [0, 0.1) is 5.92 Å². The summed E-state index contributed by atoms with van der Waals surface area (Å²) < 4.78 is 0. The average molecular weight is 396 g/mol. The van der Waals surface area contributed by atoms with Gasteiger partial charge in [0.15, 0.2) is 0 Å². The minimum Gasteiger partial charge on any atom is -0.481 e. The standard InChI is InChI=1S/C24H45NO3/c1-2-3-4-5-6-7-8-9-10-11-12-13-14-15-16-17-23(26)25-22-18-21(19-22)20-24(27)28/h21-22H,2-20H2,1H3,(H,25,26)(H,27,28). The monoisotopic (exact) mass is 395 g/mol.